The van der Waals surface area contributed by atoms with Crippen LogP contribution in [-0.4, -0.2) is 18.7 Å². The number of alkyl halides is 4. The van der Waals surface area contributed by atoms with E-state index in [0.717, 1.165) is 12.0 Å². The quantitative estimate of drug-likeness (QED) is 0.722. The highest BCUT2D eigenvalue weighted by Gasteiger charge is 2.28. The Bertz CT molecular complexity index is 357. The van der Waals surface area contributed by atoms with Crippen LogP contribution in [0.3, 0.4) is 0 Å². The molecule has 1 aromatic carbocycles. The van der Waals surface area contributed by atoms with Crippen LogP contribution in [0.15, 0.2) is 30.3 Å². The lowest BCUT2D eigenvalue weighted by atomic mass is 10.2. The summed E-state index contributed by atoms with van der Waals surface area (Å²) in [5, 5.41) is 0. The van der Waals surface area contributed by atoms with Crippen molar-refractivity contribution in [1.82, 2.24) is 0 Å². The fourth-order valence-corrected chi connectivity index (χ4v) is 1.25. The number of rotatable bonds is 5. The van der Waals surface area contributed by atoms with Gasteiger partial charge in [0.1, 0.15) is 5.75 Å². The molecule has 0 N–H and O–H groups in total. The lowest BCUT2D eigenvalue weighted by molar-refractivity contribution is -0.153. The molecule has 0 aliphatic heterocycles. The molecule has 0 saturated carbocycles. The molecule has 94 valence electrons. The van der Waals surface area contributed by atoms with Crippen molar-refractivity contribution in [2.75, 3.05) is 12.5 Å². The number of hydrogen-bond acceptors (Lipinski definition) is 1. The van der Waals surface area contributed by atoms with Crippen molar-refractivity contribution < 1.29 is 17.9 Å². The van der Waals surface area contributed by atoms with Crippen LogP contribution in [0.5, 0.6) is 5.75 Å². The predicted molar refractivity (Wildman–Crippen MR) is 62.4 cm³/mol. The summed E-state index contributed by atoms with van der Waals surface area (Å²) in [7, 11) is 0. The molecule has 5 heteroatoms. The average Bonchev–Trinajstić information content (AvgIpc) is 2.27. The lowest BCUT2D eigenvalue weighted by Gasteiger charge is -2.08. The zero-order chi connectivity index (χ0) is 12.7. The summed E-state index contributed by atoms with van der Waals surface area (Å²) in [5.41, 5.74) is 0.898. The van der Waals surface area contributed by atoms with Gasteiger partial charge in [0, 0.05) is 5.88 Å². The van der Waals surface area contributed by atoms with Crippen molar-refractivity contribution in [2.45, 2.75) is 12.6 Å². The van der Waals surface area contributed by atoms with Crippen LogP contribution in [0, 0.1) is 0 Å². The molecule has 0 spiro atoms. The summed E-state index contributed by atoms with van der Waals surface area (Å²) in [6.07, 6.45) is 0.210. The third-order valence-corrected chi connectivity index (χ3v) is 2.09. The summed E-state index contributed by atoms with van der Waals surface area (Å²) in [5.74, 6) is 0.750. The summed E-state index contributed by atoms with van der Waals surface area (Å²) in [4.78, 5) is 0. The Labute approximate surface area is 103 Å². The Balaban J connectivity index is 2.50. The minimum atomic E-state index is -4.31. The molecule has 1 nitrogen and oxygen atoms in total. The van der Waals surface area contributed by atoms with Crippen LogP contribution in [-0.2, 0) is 0 Å². The fraction of sp³-hybridized carbons (Fsp3) is 0.333. The summed E-state index contributed by atoms with van der Waals surface area (Å²) in [6, 6.07) is 6.39. The Morgan fingerprint density at radius 3 is 2.35 bits per heavy atom. The first-order valence-corrected chi connectivity index (χ1v) is 5.57. The minimum Gasteiger partial charge on any atom is -0.484 e. The number of hydrogen-bond donors (Lipinski definition) is 0. The van der Waals surface area contributed by atoms with E-state index in [1.54, 1.807) is 12.1 Å². The van der Waals surface area contributed by atoms with Crippen LogP contribution < -0.4 is 4.74 Å². The molecule has 17 heavy (non-hydrogen) atoms. The Morgan fingerprint density at radius 2 is 1.82 bits per heavy atom. The second-order valence-corrected chi connectivity index (χ2v) is 3.73. The molecule has 0 fully saturated rings. The van der Waals surface area contributed by atoms with Crippen molar-refractivity contribution >= 4 is 17.7 Å². The number of allylic oxidation sites excluding steroid dienone is 1. The molecule has 0 aromatic heterocycles. The van der Waals surface area contributed by atoms with Gasteiger partial charge in [-0.1, -0.05) is 24.3 Å². The molecule has 0 radical (unpaired) electrons. The van der Waals surface area contributed by atoms with E-state index in [1.807, 2.05) is 12.2 Å². The van der Waals surface area contributed by atoms with Crippen molar-refractivity contribution in [3.63, 3.8) is 0 Å². The topological polar surface area (TPSA) is 9.23 Å². The molecule has 0 aliphatic carbocycles. The first-order chi connectivity index (χ1) is 8.01. The van der Waals surface area contributed by atoms with Crippen LogP contribution in [0.4, 0.5) is 13.2 Å². The average molecular weight is 265 g/mol. The molecular formula is C12H12ClF3O. The predicted octanol–water partition coefficient (Wildman–Crippen LogP) is 4.27. The minimum absolute atomic E-state index is 0.205. The monoisotopic (exact) mass is 264 g/mol. The first-order valence-electron chi connectivity index (χ1n) is 5.03. The van der Waals surface area contributed by atoms with Crippen LogP contribution >= 0.6 is 11.6 Å². The van der Waals surface area contributed by atoms with E-state index >= 15 is 0 Å². The molecular weight excluding hydrogens is 253 g/mol. The number of halogens is 4. The van der Waals surface area contributed by atoms with Gasteiger partial charge in [-0.05, 0) is 24.1 Å². The second kappa shape index (κ2) is 6.55. The number of benzene rings is 1. The Hall–Kier alpha value is -1.16. The van der Waals surface area contributed by atoms with E-state index in [-0.39, 0.29) is 5.75 Å². The first kappa shape index (κ1) is 13.9. The molecule has 0 amide bonds. The maximum atomic E-state index is 11.9. The van der Waals surface area contributed by atoms with E-state index in [2.05, 4.69) is 4.74 Å². The van der Waals surface area contributed by atoms with Gasteiger partial charge >= 0.3 is 6.18 Å². The summed E-state index contributed by atoms with van der Waals surface area (Å²) >= 11 is 5.50. The number of ether oxygens (including phenoxy) is 1. The standard InChI is InChI=1S/C12H12ClF3O/c13-8-2-1-3-10-4-6-11(7-5-10)17-9-12(14,15)16/h1,3-7H,2,8-9H2. The highest BCUT2D eigenvalue weighted by molar-refractivity contribution is 6.17. The highest BCUT2D eigenvalue weighted by Crippen LogP contribution is 2.19. The summed E-state index contributed by atoms with van der Waals surface area (Å²) < 4.78 is 40.2. The Morgan fingerprint density at radius 1 is 1.18 bits per heavy atom. The second-order valence-electron chi connectivity index (χ2n) is 3.35. The Kier molecular flexibility index (Phi) is 5.35. The normalized spacial score (nSPS) is 12.0. The maximum absolute atomic E-state index is 11.9. The SMILES string of the molecule is FC(F)(F)COc1ccc(C=CCCCl)cc1. The fourth-order valence-electron chi connectivity index (χ4n) is 1.12. The molecule has 0 saturated heterocycles. The van der Waals surface area contributed by atoms with Gasteiger partial charge in [0.25, 0.3) is 0 Å². The van der Waals surface area contributed by atoms with E-state index in [4.69, 9.17) is 11.6 Å². The van der Waals surface area contributed by atoms with Crippen molar-refractivity contribution in [3.8, 4) is 5.75 Å². The summed E-state index contributed by atoms with van der Waals surface area (Å²) in [6.45, 7) is -1.27. The molecule has 0 bridgehead atoms. The highest BCUT2D eigenvalue weighted by atomic mass is 35.5. The molecule has 0 aliphatic rings. The molecule has 1 aromatic rings. The van der Waals surface area contributed by atoms with Crippen molar-refractivity contribution in [3.05, 3.63) is 35.9 Å². The molecule has 1 rings (SSSR count). The molecule has 0 unspecified atom stereocenters. The van der Waals surface area contributed by atoms with Crippen LogP contribution in [0.1, 0.15) is 12.0 Å². The van der Waals surface area contributed by atoms with Gasteiger partial charge < -0.3 is 4.74 Å². The maximum Gasteiger partial charge on any atom is 0.422 e. The van der Waals surface area contributed by atoms with E-state index in [9.17, 15) is 13.2 Å². The largest absolute Gasteiger partial charge is 0.484 e. The van der Waals surface area contributed by atoms with Gasteiger partial charge in [0.15, 0.2) is 6.61 Å². The van der Waals surface area contributed by atoms with E-state index in [1.165, 1.54) is 12.1 Å². The van der Waals surface area contributed by atoms with Gasteiger partial charge in [0.05, 0.1) is 0 Å². The van der Waals surface area contributed by atoms with Gasteiger partial charge in [-0.2, -0.15) is 13.2 Å². The van der Waals surface area contributed by atoms with Gasteiger partial charge in [-0.3, -0.25) is 0 Å². The van der Waals surface area contributed by atoms with E-state index in [0.29, 0.717) is 5.88 Å². The van der Waals surface area contributed by atoms with Crippen LogP contribution in [0.2, 0.25) is 0 Å². The lowest BCUT2D eigenvalue weighted by Crippen LogP contribution is -2.19. The van der Waals surface area contributed by atoms with Crippen molar-refractivity contribution in [1.29, 1.82) is 0 Å². The van der Waals surface area contributed by atoms with Crippen molar-refractivity contribution in [2.24, 2.45) is 0 Å². The van der Waals surface area contributed by atoms with E-state index < -0.39 is 12.8 Å². The smallest absolute Gasteiger partial charge is 0.422 e. The molecule has 0 heterocycles. The van der Waals surface area contributed by atoms with Gasteiger partial charge in [-0.25, -0.2) is 0 Å². The van der Waals surface area contributed by atoms with Gasteiger partial charge in [-0.15, -0.1) is 11.6 Å². The third kappa shape index (κ3) is 6.22. The zero-order valence-corrected chi connectivity index (χ0v) is 9.76. The van der Waals surface area contributed by atoms with Crippen LogP contribution in [0.25, 0.3) is 6.08 Å². The third-order valence-electron chi connectivity index (χ3n) is 1.87. The zero-order valence-electron chi connectivity index (χ0n) is 9.01. The van der Waals surface area contributed by atoms with Gasteiger partial charge in [0.2, 0.25) is 0 Å². The molecule has 0 atom stereocenters.